The minimum Gasteiger partial charge on any atom is -0.345 e. The van der Waals surface area contributed by atoms with E-state index in [0.717, 1.165) is 21.1 Å². The fourth-order valence-electron chi connectivity index (χ4n) is 1.94. The van der Waals surface area contributed by atoms with Crippen LogP contribution in [0.15, 0.2) is 47.3 Å². The van der Waals surface area contributed by atoms with Crippen LogP contribution in [0.3, 0.4) is 0 Å². The molecular formula is C14H11BrN4O. The largest absolute Gasteiger partial charge is 0.345 e. The van der Waals surface area contributed by atoms with Gasteiger partial charge in [-0.05, 0) is 29.8 Å². The van der Waals surface area contributed by atoms with Gasteiger partial charge in [0.2, 0.25) is 5.91 Å². The number of rotatable bonds is 3. The molecule has 0 unspecified atom stereocenters. The highest BCUT2D eigenvalue weighted by Gasteiger charge is 2.06. The van der Waals surface area contributed by atoms with Crippen molar-refractivity contribution >= 4 is 38.7 Å². The molecule has 0 radical (unpaired) electrons. The number of hydrogen-bond acceptors (Lipinski definition) is 3. The predicted molar refractivity (Wildman–Crippen MR) is 80.4 cm³/mol. The van der Waals surface area contributed by atoms with Crippen LogP contribution in [0.5, 0.6) is 0 Å². The molecule has 0 aliphatic heterocycles. The van der Waals surface area contributed by atoms with Crippen LogP contribution in [0, 0.1) is 0 Å². The smallest absolute Gasteiger partial charge is 0.229 e. The zero-order valence-electron chi connectivity index (χ0n) is 10.4. The number of nitrogens with zero attached hydrogens (tertiary/aromatic N) is 2. The zero-order valence-corrected chi connectivity index (χ0v) is 12.0. The Hall–Kier alpha value is -2.21. The summed E-state index contributed by atoms with van der Waals surface area (Å²) in [6, 6.07) is 9.29. The number of fused-ring (bicyclic) bond motifs is 1. The molecule has 2 N–H and O–H groups in total. The summed E-state index contributed by atoms with van der Waals surface area (Å²) in [7, 11) is 0. The van der Waals surface area contributed by atoms with E-state index in [-0.39, 0.29) is 5.91 Å². The maximum atomic E-state index is 12.0. The highest BCUT2D eigenvalue weighted by atomic mass is 79.9. The first-order valence-electron chi connectivity index (χ1n) is 6.04. The lowest BCUT2D eigenvalue weighted by atomic mass is 10.1. The number of hydrogen-bond donors (Lipinski definition) is 2. The van der Waals surface area contributed by atoms with Crippen molar-refractivity contribution in [2.75, 3.05) is 5.32 Å². The summed E-state index contributed by atoms with van der Waals surface area (Å²) in [5, 5.41) is 2.77. The van der Waals surface area contributed by atoms with Crippen molar-refractivity contribution in [3.05, 3.63) is 52.9 Å². The van der Waals surface area contributed by atoms with Crippen molar-refractivity contribution in [3.63, 3.8) is 0 Å². The maximum Gasteiger partial charge on any atom is 0.229 e. The first-order chi connectivity index (χ1) is 9.70. The highest BCUT2D eigenvalue weighted by molar-refractivity contribution is 9.10. The molecule has 0 atom stereocenters. The molecule has 0 aliphatic rings. The van der Waals surface area contributed by atoms with Gasteiger partial charge < -0.3 is 10.3 Å². The fourth-order valence-corrected chi connectivity index (χ4v) is 2.27. The molecule has 0 bridgehead atoms. The Morgan fingerprint density at radius 1 is 1.25 bits per heavy atom. The number of halogens is 1. The van der Waals surface area contributed by atoms with Gasteiger partial charge in [0, 0.05) is 10.7 Å². The van der Waals surface area contributed by atoms with E-state index >= 15 is 0 Å². The van der Waals surface area contributed by atoms with Crippen LogP contribution < -0.4 is 5.32 Å². The van der Waals surface area contributed by atoms with E-state index in [1.165, 1.54) is 0 Å². The molecule has 100 valence electrons. The van der Waals surface area contributed by atoms with Crippen molar-refractivity contribution in [2.24, 2.45) is 0 Å². The minimum atomic E-state index is -0.102. The lowest BCUT2D eigenvalue weighted by Crippen LogP contribution is -2.15. The van der Waals surface area contributed by atoms with Gasteiger partial charge in [0.25, 0.3) is 0 Å². The second kappa shape index (κ2) is 5.42. The molecule has 3 rings (SSSR count). The van der Waals surface area contributed by atoms with E-state index in [1.54, 1.807) is 18.6 Å². The van der Waals surface area contributed by atoms with E-state index in [2.05, 4.69) is 36.2 Å². The van der Waals surface area contributed by atoms with Crippen molar-refractivity contribution in [1.29, 1.82) is 0 Å². The average molecular weight is 331 g/mol. The predicted octanol–water partition coefficient (Wildman–Crippen LogP) is 2.90. The van der Waals surface area contributed by atoms with Crippen molar-refractivity contribution in [3.8, 4) is 0 Å². The van der Waals surface area contributed by atoms with E-state index in [9.17, 15) is 4.79 Å². The molecule has 1 aromatic carbocycles. The SMILES string of the molecule is O=C(Cc1ccc2nc[nH]c2c1)Nc1cc(Br)ccn1. The molecule has 0 aliphatic carbocycles. The number of anilines is 1. The normalized spacial score (nSPS) is 10.7. The van der Waals surface area contributed by atoms with E-state index in [4.69, 9.17) is 0 Å². The third-order valence-electron chi connectivity index (χ3n) is 2.84. The Morgan fingerprint density at radius 2 is 2.15 bits per heavy atom. The van der Waals surface area contributed by atoms with Gasteiger partial charge in [-0.3, -0.25) is 4.79 Å². The van der Waals surface area contributed by atoms with Gasteiger partial charge in [-0.15, -0.1) is 0 Å². The van der Waals surface area contributed by atoms with E-state index in [1.807, 2.05) is 24.3 Å². The molecule has 3 aromatic rings. The molecule has 0 spiro atoms. The Labute approximate surface area is 123 Å². The van der Waals surface area contributed by atoms with Crippen LogP contribution in [0.2, 0.25) is 0 Å². The first kappa shape index (κ1) is 12.8. The first-order valence-corrected chi connectivity index (χ1v) is 6.83. The van der Waals surface area contributed by atoms with Gasteiger partial charge in [0.05, 0.1) is 23.8 Å². The molecule has 0 saturated carbocycles. The Bertz CT molecular complexity index is 768. The summed E-state index contributed by atoms with van der Waals surface area (Å²) in [5.74, 6) is 0.432. The molecular weight excluding hydrogens is 320 g/mol. The lowest BCUT2D eigenvalue weighted by Gasteiger charge is -2.05. The molecule has 0 fully saturated rings. The van der Waals surface area contributed by atoms with Gasteiger partial charge in [0.1, 0.15) is 5.82 Å². The number of carbonyl (C=O) groups excluding carboxylic acids is 1. The Balaban J connectivity index is 1.72. The van der Waals surface area contributed by atoms with Crippen LogP contribution >= 0.6 is 15.9 Å². The fraction of sp³-hybridized carbons (Fsp3) is 0.0714. The average Bonchev–Trinajstić information content (AvgIpc) is 2.86. The number of nitrogens with one attached hydrogen (secondary N) is 2. The Morgan fingerprint density at radius 3 is 3.00 bits per heavy atom. The molecule has 2 heterocycles. The van der Waals surface area contributed by atoms with E-state index < -0.39 is 0 Å². The third kappa shape index (κ3) is 2.85. The lowest BCUT2D eigenvalue weighted by molar-refractivity contribution is -0.115. The van der Waals surface area contributed by atoms with Gasteiger partial charge >= 0.3 is 0 Å². The molecule has 6 heteroatoms. The quantitative estimate of drug-likeness (QED) is 0.775. The van der Waals surface area contributed by atoms with Crippen molar-refractivity contribution < 1.29 is 4.79 Å². The number of aromatic nitrogens is 3. The summed E-state index contributed by atoms with van der Waals surface area (Å²) >= 11 is 3.34. The summed E-state index contributed by atoms with van der Waals surface area (Å²) in [6.07, 6.45) is 3.57. The molecule has 0 saturated heterocycles. The Kier molecular flexibility index (Phi) is 3.47. The number of imidazole rings is 1. The van der Waals surface area contributed by atoms with Crippen LogP contribution in [0.1, 0.15) is 5.56 Å². The standard InChI is InChI=1S/C14H11BrN4O/c15-10-3-4-16-13(7-10)19-14(20)6-9-1-2-11-12(5-9)18-8-17-11/h1-5,7-8H,6H2,(H,17,18)(H,16,19,20). The second-order valence-electron chi connectivity index (χ2n) is 4.34. The number of benzene rings is 1. The van der Waals surface area contributed by atoms with Crippen molar-refractivity contribution in [1.82, 2.24) is 15.0 Å². The zero-order chi connectivity index (χ0) is 13.9. The van der Waals surface area contributed by atoms with Crippen molar-refractivity contribution in [2.45, 2.75) is 6.42 Å². The number of aromatic amines is 1. The summed E-state index contributed by atoms with van der Waals surface area (Å²) in [4.78, 5) is 23.2. The van der Waals surface area contributed by atoms with Crippen LogP contribution in [-0.4, -0.2) is 20.9 Å². The van der Waals surface area contributed by atoms with Crippen LogP contribution in [0.25, 0.3) is 11.0 Å². The number of pyridine rings is 1. The molecule has 20 heavy (non-hydrogen) atoms. The van der Waals surface area contributed by atoms with Gasteiger partial charge in [-0.2, -0.15) is 0 Å². The molecule has 5 nitrogen and oxygen atoms in total. The maximum absolute atomic E-state index is 12.0. The molecule has 2 aromatic heterocycles. The van der Waals surface area contributed by atoms with Gasteiger partial charge in [-0.1, -0.05) is 22.0 Å². The summed E-state index contributed by atoms with van der Waals surface area (Å²) in [5.41, 5.74) is 2.74. The third-order valence-corrected chi connectivity index (χ3v) is 3.33. The van der Waals surface area contributed by atoms with Gasteiger partial charge in [-0.25, -0.2) is 9.97 Å². The summed E-state index contributed by atoms with van der Waals surface area (Å²) < 4.78 is 0.877. The van der Waals surface area contributed by atoms with Crippen LogP contribution in [0.4, 0.5) is 5.82 Å². The minimum absolute atomic E-state index is 0.102. The molecule has 1 amide bonds. The number of carbonyl (C=O) groups is 1. The van der Waals surface area contributed by atoms with Gasteiger partial charge in [0.15, 0.2) is 0 Å². The second-order valence-corrected chi connectivity index (χ2v) is 5.25. The highest BCUT2D eigenvalue weighted by Crippen LogP contribution is 2.14. The number of H-pyrrole nitrogens is 1. The van der Waals surface area contributed by atoms with E-state index in [0.29, 0.717) is 12.2 Å². The number of amides is 1. The van der Waals surface area contributed by atoms with Crippen LogP contribution in [-0.2, 0) is 11.2 Å². The summed E-state index contributed by atoms with van der Waals surface area (Å²) in [6.45, 7) is 0. The monoisotopic (exact) mass is 330 g/mol. The topological polar surface area (TPSA) is 70.7 Å².